The van der Waals surface area contributed by atoms with E-state index in [0.717, 1.165) is 44.0 Å². The molecule has 1 aromatic rings. The largest absolute Gasteiger partial charge is 0.383 e. The number of allylic oxidation sites excluding steroid dienone is 1. The first-order valence-electron chi connectivity index (χ1n) is 11.6. The SMILES string of the molecule is COCCN1CCC(CN(CC2=CC[C@H]3C[C@@H]2C3(C)C)Cc2ccncc2)CC1. The van der Waals surface area contributed by atoms with Crippen LogP contribution in [0.4, 0.5) is 0 Å². The second-order valence-electron chi connectivity index (χ2n) is 10.1. The van der Waals surface area contributed by atoms with Gasteiger partial charge in [0.1, 0.15) is 0 Å². The molecule has 4 aliphatic rings. The Hall–Kier alpha value is -1.23. The average Bonchev–Trinajstić information content (AvgIpc) is 2.74. The predicted molar refractivity (Wildman–Crippen MR) is 119 cm³/mol. The van der Waals surface area contributed by atoms with E-state index < -0.39 is 0 Å². The van der Waals surface area contributed by atoms with E-state index in [-0.39, 0.29) is 0 Å². The van der Waals surface area contributed by atoms with Gasteiger partial charge in [-0.25, -0.2) is 0 Å². The van der Waals surface area contributed by atoms with E-state index in [1.807, 2.05) is 12.4 Å². The minimum absolute atomic E-state index is 0.513. The fourth-order valence-corrected chi connectivity index (χ4v) is 5.82. The third-order valence-corrected chi connectivity index (χ3v) is 7.98. The summed E-state index contributed by atoms with van der Waals surface area (Å²) in [6, 6.07) is 4.36. The van der Waals surface area contributed by atoms with Gasteiger partial charge in [0.05, 0.1) is 6.61 Å². The lowest BCUT2D eigenvalue weighted by Gasteiger charge is -2.57. The molecular weight excluding hydrogens is 358 g/mol. The topological polar surface area (TPSA) is 28.6 Å². The van der Waals surface area contributed by atoms with Gasteiger partial charge in [0.2, 0.25) is 0 Å². The van der Waals surface area contributed by atoms with E-state index in [0.29, 0.717) is 5.41 Å². The maximum absolute atomic E-state index is 5.26. The number of aromatic nitrogens is 1. The van der Waals surface area contributed by atoms with Crippen molar-refractivity contribution in [3.63, 3.8) is 0 Å². The highest BCUT2D eigenvalue weighted by Crippen LogP contribution is 2.59. The van der Waals surface area contributed by atoms with E-state index in [1.54, 1.807) is 12.7 Å². The second kappa shape index (κ2) is 9.28. The summed E-state index contributed by atoms with van der Waals surface area (Å²) in [4.78, 5) is 9.50. The number of methoxy groups -OCH3 is 1. The highest BCUT2D eigenvalue weighted by atomic mass is 16.5. The van der Waals surface area contributed by atoms with Crippen molar-refractivity contribution in [3.05, 3.63) is 41.7 Å². The molecule has 0 N–H and O–H groups in total. The van der Waals surface area contributed by atoms with Crippen molar-refractivity contribution in [2.24, 2.45) is 23.2 Å². The van der Waals surface area contributed by atoms with Gasteiger partial charge < -0.3 is 9.64 Å². The van der Waals surface area contributed by atoms with E-state index in [9.17, 15) is 0 Å². The number of nitrogens with zero attached hydrogens (tertiary/aromatic N) is 3. The summed E-state index contributed by atoms with van der Waals surface area (Å²) in [6.07, 6.45) is 11.8. The zero-order valence-electron chi connectivity index (χ0n) is 18.6. The van der Waals surface area contributed by atoms with Crippen LogP contribution in [-0.2, 0) is 11.3 Å². The molecule has 0 unspecified atom stereocenters. The van der Waals surface area contributed by atoms with Crippen LogP contribution in [-0.4, -0.2) is 61.2 Å². The third kappa shape index (κ3) is 4.92. The van der Waals surface area contributed by atoms with Crippen LogP contribution < -0.4 is 0 Å². The number of pyridine rings is 1. The van der Waals surface area contributed by atoms with Crippen LogP contribution in [0.2, 0.25) is 0 Å². The zero-order valence-corrected chi connectivity index (χ0v) is 18.6. The molecule has 0 spiro atoms. The molecule has 1 saturated carbocycles. The summed E-state index contributed by atoms with van der Waals surface area (Å²) >= 11 is 0. The molecule has 2 bridgehead atoms. The molecule has 29 heavy (non-hydrogen) atoms. The summed E-state index contributed by atoms with van der Waals surface area (Å²) in [5.74, 6) is 2.53. The van der Waals surface area contributed by atoms with Crippen molar-refractivity contribution in [1.82, 2.24) is 14.8 Å². The molecule has 160 valence electrons. The van der Waals surface area contributed by atoms with Gasteiger partial charge in [0, 0.05) is 45.7 Å². The Labute approximate surface area is 177 Å². The van der Waals surface area contributed by atoms with Crippen molar-refractivity contribution >= 4 is 0 Å². The van der Waals surface area contributed by atoms with E-state index in [2.05, 4.69) is 46.8 Å². The molecule has 2 fully saturated rings. The van der Waals surface area contributed by atoms with Crippen molar-refractivity contribution in [2.75, 3.05) is 46.4 Å². The quantitative estimate of drug-likeness (QED) is 0.583. The van der Waals surface area contributed by atoms with E-state index in [4.69, 9.17) is 4.74 Å². The summed E-state index contributed by atoms with van der Waals surface area (Å²) in [5, 5.41) is 0. The first kappa shape index (κ1) is 21.0. The van der Waals surface area contributed by atoms with Crippen LogP contribution in [0, 0.1) is 23.2 Å². The molecule has 4 nitrogen and oxygen atoms in total. The average molecular weight is 398 g/mol. The summed E-state index contributed by atoms with van der Waals surface area (Å²) in [5.41, 5.74) is 3.61. The van der Waals surface area contributed by atoms with Crippen molar-refractivity contribution in [3.8, 4) is 0 Å². The maximum Gasteiger partial charge on any atom is 0.0589 e. The van der Waals surface area contributed by atoms with Gasteiger partial charge in [-0.05, 0) is 79.6 Å². The molecule has 4 heteroatoms. The Morgan fingerprint density at radius 1 is 1.17 bits per heavy atom. The number of ether oxygens (including phenoxy) is 1. The lowest BCUT2D eigenvalue weighted by Crippen LogP contribution is -2.50. The minimum atomic E-state index is 0.513. The molecule has 0 amide bonds. The standard InChI is InChI=1S/C25H39N3O/c1-25(2)23-5-4-22(24(25)16-23)19-28(17-20-6-10-26-11-7-20)18-21-8-12-27(13-9-21)14-15-29-3/h4,6-7,10-11,21,23-24H,5,8-9,12-19H2,1-3H3/t23-,24-/m0/s1. The van der Waals surface area contributed by atoms with Crippen molar-refractivity contribution in [1.29, 1.82) is 0 Å². The van der Waals surface area contributed by atoms with Crippen LogP contribution in [0.15, 0.2) is 36.2 Å². The lowest BCUT2D eigenvalue weighted by atomic mass is 9.49. The molecule has 3 aliphatic carbocycles. The smallest absolute Gasteiger partial charge is 0.0589 e. The van der Waals surface area contributed by atoms with Gasteiger partial charge in [0.15, 0.2) is 0 Å². The van der Waals surface area contributed by atoms with Crippen LogP contribution in [0.25, 0.3) is 0 Å². The summed E-state index contributed by atoms with van der Waals surface area (Å²) in [7, 11) is 1.80. The number of rotatable bonds is 9. The van der Waals surface area contributed by atoms with E-state index >= 15 is 0 Å². The number of piperidine rings is 1. The predicted octanol–water partition coefficient (Wildman–Crippen LogP) is 4.23. The van der Waals surface area contributed by atoms with E-state index in [1.165, 1.54) is 50.9 Å². The normalized spacial score (nSPS) is 27.0. The van der Waals surface area contributed by atoms with Crippen LogP contribution in [0.1, 0.15) is 45.1 Å². The molecule has 0 radical (unpaired) electrons. The molecule has 0 aromatic carbocycles. The fourth-order valence-electron chi connectivity index (χ4n) is 5.82. The zero-order chi connectivity index (χ0) is 20.3. The number of likely N-dealkylation sites (tertiary alicyclic amines) is 1. The van der Waals surface area contributed by atoms with Crippen LogP contribution >= 0.6 is 0 Å². The second-order valence-corrected chi connectivity index (χ2v) is 10.1. The van der Waals surface area contributed by atoms with Gasteiger partial charge in [-0.1, -0.05) is 25.5 Å². The third-order valence-electron chi connectivity index (χ3n) is 7.98. The Morgan fingerprint density at radius 2 is 1.93 bits per heavy atom. The molecule has 1 aliphatic heterocycles. The van der Waals surface area contributed by atoms with Gasteiger partial charge in [-0.2, -0.15) is 0 Å². The molecule has 1 saturated heterocycles. The maximum atomic E-state index is 5.26. The lowest BCUT2D eigenvalue weighted by molar-refractivity contribution is -0.0116. The summed E-state index contributed by atoms with van der Waals surface area (Å²) in [6.45, 7) is 12.7. The van der Waals surface area contributed by atoms with Crippen molar-refractivity contribution in [2.45, 2.75) is 46.1 Å². The Balaban J connectivity index is 1.38. The van der Waals surface area contributed by atoms with Gasteiger partial charge in [-0.3, -0.25) is 9.88 Å². The van der Waals surface area contributed by atoms with Gasteiger partial charge in [0.25, 0.3) is 0 Å². The van der Waals surface area contributed by atoms with Crippen LogP contribution in [0.5, 0.6) is 0 Å². The molecule has 2 atom stereocenters. The first-order valence-corrected chi connectivity index (χ1v) is 11.6. The monoisotopic (exact) mass is 397 g/mol. The molecule has 1 aromatic heterocycles. The number of fused-ring (bicyclic) bond motifs is 1. The highest BCUT2D eigenvalue weighted by Gasteiger charge is 2.51. The Bertz CT molecular complexity index is 679. The molecular formula is C25H39N3O. The van der Waals surface area contributed by atoms with Crippen LogP contribution in [0.3, 0.4) is 0 Å². The fraction of sp³-hybridized carbons (Fsp3) is 0.720. The number of hydrogen-bond acceptors (Lipinski definition) is 4. The molecule has 2 heterocycles. The molecule has 5 rings (SSSR count). The van der Waals surface area contributed by atoms with Crippen molar-refractivity contribution < 1.29 is 4.74 Å². The number of hydrogen-bond donors (Lipinski definition) is 0. The Kier molecular flexibility index (Phi) is 6.73. The Morgan fingerprint density at radius 3 is 2.59 bits per heavy atom. The first-order chi connectivity index (χ1) is 14.1. The summed E-state index contributed by atoms with van der Waals surface area (Å²) < 4.78 is 5.26. The minimum Gasteiger partial charge on any atom is -0.383 e. The highest BCUT2D eigenvalue weighted by molar-refractivity contribution is 5.24. The van der Waals surface area contributed by atoms with Gasteiger partial charge in [-0.15, -0.1) is 0 Å². The van der Waals surface area contributed by atoms with Gasteiger partial charge >= 0.3 is 0 Å².